The Kier molecular flexibility index (Phi) is 8.02. The van der Waals surface area contributed by atoms with Crippen LogP contribution in [-0.2, 0) is 25.7 Å². The fourth-order valence-electron chi connectivity index (χ4n) is 7.21. The maximum absolute atomic E-state index is 14.2. The molecule has 3 amide bonds. The Morgan fingerprint density at radius 3 is 2.38 bits per heavy atom. The van der Waals surface area contributed by atoms with Crippen molar-refractivity contribution in [2.45, 2.75) is 83.1 Å². The SMILES string of the molecule is Cc1cccc(C)c1NC(=O)C1N(CCCCCCO)C(=O)[C@@H]2[C@H](C(=O)NCc3ccccc3)[C@]3(C)CCC12O3. The zero-order valence-corrected chi connectivity index (χ0v) is 23.7. The van der Waals surface area contributed by atoms with E-state index in [-0.39, 0.29) is 24.3 Å². The smallest absolute Gasteiger partial charge is 0.250 e. The number of carbonyl (C=O) groups excluding carboxylic acids is 3. The van der Waals surface area contributed by atoms with Gasteiger partial charge in [-0.05, 0) is 63.1 Å². The molecule has 3 aliphatic rings. The van der Waals surface area contributed by atoms with Gasteiger partial charge in [-0.25, -0.2) is 0 Å². The van der Waals surface area contributed by atoms with Gasteiger partial charge in [0, 0.05) is 25.4 Å². The van der Waals surface area contributed by atoms with Crippen molar-refractivity contribution in [3.05, 3.63) is 65.2 Å². The Bertz CT molecular complexity index is 1250. The fraction of sp³-hybridized carbons (Fsp3) is 0.531. The van der Waals surface area contributed by atoms with E-state index in [1.54, 1.807) is 4.90 Å². The van der Waals surface area contributed by atoms with Crippen molar-refractivity contribution < 1.29 is 24.2 Å². The summed E-state index contributed by atoms with van der Waals surface area (Å²) < 4.78 is 6.72. The summed E-state index contributed by atoms with van der Waals surface area (Å²) in [5.41, 5.74) is 1.76. The molecule has 0 saturated carbocycles. The number of aliphatic hydroxyl groups is 1. The van der Waals surface area contributed by atoms with E-state index in [0.29, 0.717) is 38.8 Å². The van der Waals surface area contributed by atoms with Crippen LogP contribution in [0.4, 0.5) is 5.69 Å². The summed E-state index contributed by atoms with van der Waals surface area (Å²) in [6.45, 7) is 6.74. The molecule has 8 heteroatoms. The molecular weight excluding hydrogens is 506 g/mol. The highest BCUT2D eigenvalue weighted by Crippen LogP contribution is 2.63. The van der Waals surface area contributed by atoms with Gasteiger partial charge in [0.2, 0.25) is 17.7 Å². The Morgan fingerprint density at radius 1 is 0.975 bits per heavy atom. The van der Waals surface area contributed by atoms with E-state index in [0.717, 1.165) is 35.2 Å². The lowest BCUT2D eigenvalue weighted by atomic mass is 9.66. The van der Waals surface area contributed by atoms with E-state index in [1.165, 1.54) is 0 Å². The molecular formula is C32H41N3O5. The second-order valence-corrected chi connectivity index (χ2v) is 11.9. The van der Waals surface area contributed by atoms with Gasteiger partial charge >= 0.3 is 0 Å². The molecule has 3 fully saturated rings. The first-order valence-electron chi connectivity index (χ1n) is 14.5. The molecule has 0 radical (unpaired) electrons. The van der Waals surface area contributed by atoms with Crippen LogP contribution in [-0.4, -0.2) is 58.1 Å². The zero-order chi connectivity index (χ0) is 28.5. The number of carbonyl (C=O) groups is 3. The first-order chi connectivity index (χ1) is 19.2. The molecule has 0 aromatic heterocycles. The number of amides is 3. The minimum absolute atomic E-state index is 0.140. The van der Waals surface area contributed by atoms with Crippen LogP contribution in [0.5, 0.6) is 0 Å². The molecule has 40 heavy (non-hydrogen) atoms. The molecule has 3 aliphatic heterocycles. The fourth-order valence-corrected chi connectivity index (χ4v) is 7.21. The molecule has 2 bridgehead atoms. The van der Waals surface area contributed by atoms with Crippen molar-refractivity contribution in [3.8, 4) is 0 Å². The second kappa shape index (κ2) is 11.3. The maximum atomic E-state index is 14.2. The molecule has 5 rings (SSSR count). The Balaban J connectivity index is 1.44. The van der Waals surface area contributed by atoms with Crippen LogP contribution >= 0.6 is 0 Å². The van der Waals surface area contributed by atoms with Crippen molar-refractivity contribution in [3.63, 3.8) is 0 Å². The number of aryl methyl sites for hydroxylation is 2. The summed E-state index contributed by atoms with van der Waals surface area (Å²) >= 11 is 0. The van der Waals surface area contributed by atoms with Crippen molar-refractivity contribution in [2.24, 2.45) is 11.8 Å². The van der Waals surface area contributed by atoms with Crippen molar-refractivity contribution in [1.82, 2.24) is 10.2 Å². The van der Waals surface area contributed by atoms with E-state index in [9.17, 15) is 14.4 Å². The van der Waals surface area contributed by atoms with Gasteiger partial charge in [0.25, 0.3) is 0 Å². The van der Waals surface area contributed by atoms with Gasteiger partial charge in [0.15, 0.2) is 0 Å². The van der Waals surface area contributed by atoms with Crippen LogP contribution in [0.25, 0.3) is 0 Å². The van der Waals surface area contributed by atoms with Crippen molar-refractivity contribution in [2.75, 3.05) is 18.5 Å². The predicted octanol–water partition coefficient (Wildman–Crippen LogP) is 3.88. The number of ether oxygens (including phenoxy) is 1. The number of fused-ring (bicyclic) bond motifs is 1. The van der Waals surface area contributed by atoms with Gasteiger partial charge in [-0.15, -0.1) is 0 Å². The number of nitrogens with zero attached hydrogens (tertiary/aromatic N) is 1. The van der Waals surface area contributed by atoms with E-state index >= 15 is 0 Å². The Morgan fingerprint density at radius 2 is 1.68 bits per heavy atom. The molecule has 5 atom stereocenters. The quantitative estimate of drug-likeness (QED) is 0.370. The van der Waals surface area contributed by atoms with Crippen molar-refractivity contribution >= 4 is 23.4 Å². The maximum Gasteiger partial charge on any atom is 0.250 e. The summed E-state index contributed by atoms with van der Waals surface area (Å²) in [7, 11) is 0. The number of likely N-dealkylation sites (tertiary alicyclic amines) is 1. The molecule has 2 unspecified atom stereocenters. The van der Waals surface area contributed by atoms with Crippen LogP contribution in [0.2, 0.25) is 0 Å². The van der Waals surface area contributed by atoms with Gasteiger partial charge in [0.05, 0.1) is 17.4 Å². The van der Waals surface area contributed by atoms with E-state index in [2.05, 4.69) is 10.6 Å². The van der Waals surface area contributed by atoms with Crippen molar-refractivity contribution in [1.29, 1.82) is 0 Å². The largest absolute Gasteiger partial charge is 0.396 e. The highest BCUT2D eigenvalue weighted by Gasteiger charge is 2.77. The van der Waals surface area contributed by atoms with Gasteiger partial charge in [-0.1, -0.05) is 61.4 Å². The normalized spacial score (nSPS) is 28.6. The minimum Gasteiger partial charge on any atom is -0.396 e. The van der Waals surface area contributed by atoms with E-state index in [1.807, 2.05) is 69.3 Å². The lowest BCUT2D eigenvalue weighted by Crippen LogP contribution is -2.53. The topological polar surface area (TPSA) is 108 Å². The first-order valence-corrected chi connectivity index (χ1v) is 14.5. The summed E-state index contributed by atoms with van der Waals surface area (Å²) in [6, 6.07) is 14.7. The summed E-state index contributed by atoms with van der Waals surface area (Å²) in [5, 5.41) is 15.3. The molecule has 3 saturated heterocycles. The number of hydrogen-bond donors (Lipinski definition) is 3. The number of hydrogen-bond acceptors (Lipinski definition) is 5. The number of benzene rings is 2. The summed E-state index contributed by atoms with van der Waals surface area (Å²) in [4.78, 5) is 43.7. The molecule has 2 aromatic carbocycles. The number of nitrogens with one attached hydrogen (secondary N) is 2. The molecule has 0 aliphatic carbocycles. The number of aliphatic hydroxyl groups excluding tert-OH is 1. The third kappa shape index (κ3) is 4.92. The van der Waals surface area contributed by atoms with Crippen LogP contribution < -0.4 is 10.6 Å². The molecule has 8 nitrogen and oxygen atoms in total. The Hall–Kier alpha value is -3.23. The van der Waals surface area contributed by atoms with Gasteiger partial charge in [-0.2, -0.15) is 0 Å². The van der Waals surface area contributed by atoms with Gasteiger partial charge in [0.1, 0.15) is 11.6 Å². The monoisotopic (exact) mass is 547 g/mol. The first kappa shape index (κ1) is 28.3. The standard InChI is InChI=1S/C32H41N3O5/c1-21-12-11-13-22(2)26(21)34-29(38)27-32-17-16-31(3,40-32)24(28(37)33-20-23-14-7-6-8-15-23)25(32)30(39)35(27)18-9-4-5-10-19-36/h6-8,11-15,24-25,27,36H,4-5,9-10,16-20H2,1-3H3,(H,33,37)(H,34,38)/t24-,25+,27?,31+,32?/m1/s1. The molecule has 1 spiro atoms. The van der Waals surface area contributed by atoms with Gasteiger partial charge in [-0.3, -0.25) is 14.4 Å². The Labute approximate surface area is 236 Å². The van der Waals surface area contributed by atoms with E-state index < -0.39 is 29.1 Å². The van der Waals surface area contributed by atoms with Crippen LogP contribution in [0.15, 0.2) is 48.5 Å². The number of rotatable bonds is 11. The molecule has 3 heterocycles. The zero-order valence-electron chi connectivity index (χ0n) is 23.7. The summed E-state index contributed by atoms with van der Waals surface area (Å²) in [6.07, 6.45) is 4.27. The molecule has 2 aromatic rings. The third-order valence-corrected chi connectivity index (χ3v) is 9.15. The highest BCUT2D eigenvalue weighted by molar-refractivity contribution is 6.04. The predicted molar refractivity (Wildman–Crippen MR) is 152 cm³/mol. The van der Waals surface area contributed by atoms with Crippen LogP contribution in [0.1, 0.15) is 62.1 Å². The highest BCUT2D eigenvalue weighted by atomic mass is 16.5. The summed E-state index contributed by atoms with van der Waals surface area (Å²) in [5.74, 6) is -2.03. The molecule has 214 valence electrons. The minimum atomic E-state index is -1.05. The number of unbranched alkanes of at least 4 members (excludes halogenated alkanes) is 3. The van der Waals surface area contributed by atoms with Gasteiger partial charge < -0.3 is 25.4 Å². The van der Waals surface area contributed by atoms with Crippen LogP contribution in [0.3, 0.4) is 0 Å². The number of para-hydroxylation sites is 1. The third-order valence-electron chi connectivity index (χ3n) is 9.15. The average molecular weight is 548 g/mol. The van der Waals surface area contributed by atoms with Crippen LogP contribution in [0, 0.1) is 25.7 Å². The average Bonchev–Trinajstić information content (AvgIpc) is 3.50. The lowest BCUT2D eigenvalue weighted by molar-refractivity contribution is -0.144. The molecule has 3 N–H and O–H groups in total. The van der Waals surface area contributed by atoms with E-state index in [4.69, 9.17) is 9.84 Å². The number of anilines is 1. The second-order valence-electron chi connectivity index (χ2n) is 11.9. The lowest BCUT2D eigenvalue weighted by Gasteiger charge is -2.33.